The lowest BCUT2D eigenvalue weighted by molar-refractivity contribution is 0.0746. The van der Waals surface area contributed by atoms with E-state index in [9.17, 15) is 9.59 Å². The first-order valence-corrected chi connectivity index (χ1v) is 8.99. The predicted octanol–water partition coefficient (Wildman–Crippen LogP) is 3.72. The molecule has 0 atom stereocenters. The van der Waals surface area contributed by atoms with Crippen LogP contribution in [0.25, 0.3) is 11.3 Å². The van der Waals surface area contributed by atoms with Crippen molar-refractivity contribution in [2.45, 2.75) is 0 Å². The fourth-order valence-corrected chi connectivity index (χ4v) is 3.34. The second kappa shape index (κ2) is 7.50. The van der Waals surface area contributed by atoms with Crippen LogP contribution in [0.3, 0.4) is 0 Å². The van der Waals surface area contributed by atoms with Gasteiger partial charge < -0.3 is 14.2 Å². The van der Waals surface area contributed by atoms with Gasteiger partial charge in [0.1, 0.15) is 5.76 Å². The largest absolute Gasteiger partial charge is 0.453 e. The summed E-state index contributed by atoms with van der Waals surface area (Å²) in [4.78, 5) is 27.5. The number of furan rings is 1. The number of piperazine rings is 1. The van der Waals surface area contributed by atoms with Gasteiger partial charge in [0.15, 0.2) is 12.0 Å². The summed E-state index contributed by atoms with van der Waals surface area (Å²) in [5, 5.41) is 0. The second-order valence-corrected chi connectivity index (χ2v) is 6.51. The van der Waals surface area contributed by atoms with E-state index in [4.69, 9.17) is 4.42 Å². The molecule has 2 heterocycles. The minimum absolute atomic E-state index is 0.0920. The predicted molar refractivity (Wildman–Crippen MR) is 104 cm³/mol. The molecule has 4 rings (SSSR count). The Balaban J connectivity index is 1.39. The van der Waals surface area contributed by atoms with Crippen molar-refractivity contribution in [1.29, 1.82) is 0 Å². The lowest BCUT2D eigenvalue weighted by atomic mass is 10.1. The number of hydrogen-bond acceptors (Lipinski definition) is 4. The van der Waals surface area contributed by atoms with Crippen molar-refractivity contribution in [3.8, 4) is 11.3 Å². The quantitative estimate of drug-likeness (QED) is 0.666. The molecule has 1 saturated heterocycles. The Kier molecular flexibility index (Phi) is 4.75. The molecule has 1 aromatic heterocycles. The number of carbonyl (C=O) groups is 2. The minimum atomic E-state index is 0.0920. The van der Waals surface area contributed by atoms with Crippen molar-refractivity contribution in [3.05, 3.63) is 78.1 Å². The molecule has 1 fully saturated rings. The summed E-state index contributed by atoms with van der Waals surface area (Å²) in [7, 11) is 0. The zero-order chi connectivity index (χ0) is 18.6. The molecule has 0 saturated carbocycles. The van der Waals surface area contributed by atoms with E-state index in [1.807, 2.05) is 59.5 Å². The van der Waals surface area contributed by atoms with Gasteiger partial charge in [-0.1, -0.05) is 18.2 Å². The van der Waals surface area contributed by atoms with E-state index in [0.29, 0.717) is 30.9 Å². The number of rotatable bonds is 4. The van der Waals surface area contributed by atoms with Crippen LogP contribution in [0.1, 0.15) is 20.9 Å². The molecule has 5 nitrogen and oxygen atoms in total. The SMILES string of the molecule is O=Cc1ccc(-c2ccc(N3CCN(C(=O)c4ccccc4)CC3)cc2)o1. The van der Waals surface area contributed by atoms with Crippen molar-refractivity contribution in [2.75, 3.05) is 31.1 Å². The van der Waals surface area contributed by atoms with Crippen molar-refractivity contribution in [2.24, 2.45) is 0 Å². The number of anilines is 1. The summed E-state index contributed by atoms with van der Waals surface area (Å²) in [6, 6.07) is 21.0. The van der Waals surface area contributed by atoms with Gasteiger partial charge in [-0.2, -0.15) is 0 Å². The molecule has 27 heavy (non-hydrogen) atoms. The number of hydrogen-bond donors (Lipinski definition) is 0. The van der Waals surface area contributed by atoms with E-state index in [1.54, 1.807) is 12.1 Å². The average Bonchev–Trinajstić information content (AvgIpc) is 3.23. The molecule has 0 unspecified atom stereocenters. The molecular formula is C22H20N2O3. The van der Waals surface area contributed by atoms with Crippen molar-refractivity contribution < 1.29 is 14.0 Å². The third-order valence-electron chi connectivity index (χ3n) is 4.85. The van der Waals surface area contributed by atoms with E-state index in [-0.39, 0.29) is 5.91 Å². The summed E-state index contributed by atoms with van der Waals surface area (Å²) in [5.41, 5.74) is 2.79. The first kappa shape index (κ1) is 17.1. The smallest absolute Gasteiger partial charge is 0.253 e. The van der Waals surface area contributed by atoms with Gasteiger partial charge in [-0.25, -0.2) is 0 Å². The number of carbonyl (C=O) groups excluding carboxylic acids is 2. The maximum absolute atomic E-state index is 12.5. The van der Waals surface area contributed by atoms with Gasteiger partial charge in [0.25, 0.3) is 5.91 Å². The Labute approximate surface area is 157 Å². The fourth-order valence-electron chi connectivity index (χ4n) is 3.34. The van der Waals surface area contributed by atoms with Gasteiger partial charge in [-0.05, 0) is 48.5 Å². The van der Waals surface area contributed by atoms with Gasteiger partial charge in [0, 0.05) is 43.0 Å². The van der Waals surface area contributed by atoms with Crippen LogP contribution in [0.5, 0.6) is 0 Å². The second-order valence-electron chi connectivity index (χ2n) is 6.51. The highest BCUT2D eigenvalue weighted by Crippen LogP contribution is 2.25. The summed E-state index contributed by atoms with van der Waals surface area (Å²) in [6.07, 6.45) is 0.702. The van der Waals surface area contributed by atoms with Gasteiger partial charge in [0.2, 0.25) is 0 Å². The van der Waals surface area contributed by atoms with Gasteiger partial charge in [-0.3, -0.25) is 9.59 Å². The third kappa shape index (κ3) is 3.62. The highest BCUT2D eigenvalue weighted by atomic mass is 16.3. The van der Waals surface area contributed by atoms with Crippen LogP contribution in [0.4, 0.5) is 5.69 Å². The molecule has 1 aliphatic heterocycles. The van der Waals surface area contributed by atoms with E-state index < -0.39 is 0 Å². The van der Waals surface area contributed by atoms with Crippen LogP contribution in [0, 0.1) is 0 Å². The summed E-state index contributed by atoms with van der Waals surface area (Å²) < 4.78 is 5.46. The normalized spacial score (nSPS) is 14.2. The first-order chi connectivity index (χ1) is 13.2. The third-order valence-corrected chi connectivity index (χ3v) is 4.85. The number of amides is 1. The Bertz CT molecular complexity index is 924. The van der Waals surface area contributed by atoms with E-state index in [0.717, 1.165) is 29.9 Å². The van der Waals surface area contributed by atoms with Crippen LogP contribution < -0.4 is 4.90 Å². The Morgan fingerprint density at radius 2 is 1.56 bits per heavy atom. The molecule has 0 bridgehead atoms. The summed E-state index contributed by atoms with van der Waals surface area (Å²) in [5.74, 6) is 1.10. The molecule has 2 aromatic carbocycles. The zero-order valence-corrected chi connectivity index (χ0v) is 14.9. The minimum Gasteiger partial charge on any atom is -0.453 e. The standard InChI is InChI=1S/C22H20N2O3/c25-16-20-10-11-21(27-20)17-6-8-19(9-7-17)23-12-14-24(15-13-23)22(26)18-4-2-1-3-5-18/h1-11,16H,12-15H2. The lowest BCUT2D eigenvalue weighted by Crippen LogP contribution is -2.48. The highest BCUT2D eigenvalue weighted by Gasteiger charge is 2.22. The average molecular weight is 360 g/mol. The van der Waals surface area contributed by atoms with Crippen LogP contribution in [0.2, 0.25) is 0 Å². The van der Waals surface area contributed by atoms with Crippen molar-refractivity contribution in [3.63, 3.8) is 0 Å². The maximum Gasteiger partial charge on any atom is 0.253 e. The number of aldehydes is 1. The Hall–Kier alpha value is -3.34. The Morgan fingerprint density at radius 1 is 0.852 bits per heavy atom. The first-order valence-electron chi connectivity index (χ1n) is 8.99. The van der Waals surface area contributed by atoms with E-state index >= 15 is 0 Å². The van der Waals surface area contributed by atoms with Gasteiger partial charge >= 0.3 is 0 Å². The topological polar surface area (TPSA) is 53.8 Å². The van der Waals surface area contributed by atoms with Crippen molar-refractivity contribution >= 4 is 17.9 Å². The van der Waals surface area contributed by atoms with Crippen molar-refractivity contribution in [1.82, 2.24) is 4.90 Å². The van der Waals surface area contributed by atoms with Gasteiger partial charge in [0.05, 0.1) is 0 Å². The number of nitrogens with zero attached hydrogens (tertiary/aromatic N) is 2. The molecule has 0 aliphatic carbocycles. The summed E-state index contributed by atoms with van der Waals surface area (Å²) >= 11 is 0. The van der Waals surface area contributed by atoms with Crippen LogP contribution in [-0.2, 0) is 0 Å². The zero-order valence-electron chi connectivity index (χ0n) is 14.9. The fraction of sp³-hybridized carbons (Fsp3) is 0.182. The molecule has 3 aromatic rings. The van der Waals surface area contributed by atoms with Gasteiger partial charge in [-0.15, -0.1) is 0 Å². The molecule has 1 aliphatic rings. The lowest BCUT2D eigenvalue weighted by Gasteiger charge is -2.36. The Morgan fingerprint density at radius 3 is 2.19 bits per heavy atom. The molecule has 136 valence electrons. The molecule has 5 heteroatoms. The summed E-state index contributed by atoms with van der Waals surface area (Å²) in [6.45, 7) is 3.01. The highest BCUT2D eigenvalue weighted by molar-refractivity contribution is 5.94. The molecule has 0 N–H and O–H groups in total. The van der Waals surface area contributed by atoms with Crippen LogP contribution >= 0.6 is 0 Å². The molecular weight excluding hydrogens is 340 g/mol. The molecule has 0 radical (unpaired) electrons. The van der Waals surface area contributed by atoms with Crippen LogP contribution in [-0.4, -0.2) is 43.3 Å². The van der Waals surface area contributed by atoms with Crippen LogP contribution in [0.15, 0.2) is 71.1 Å². The molecule has 1 amide bonds. The number of benzene rings is 2. The van der Waals surface area contributed by atoms with E-state index in [2.05, 4.69) is 4.90 Å². The molecule has 0 spiro atoms. The maximum atomic E-state index is 12.5. The monoisotopic (exact) mass is 360 g/mol. The van der Waals surface area contributed by atoms with E-state index in [1.165, 1.54) is 0 Å².